The summed E-state index contributed by atoms with van der Waals surface area (Å²) >= 11 is -9.88. The topological polar surface area (TPSA) is 102 Å². The summed E-state index contributed by atoms with van der Waals surface area (Å²) in [6.07, 6.45) is 0. The van der Waals surface area contributed by atoms with Crippen molar-refractivity contribution >= 4 is 0 Å². The van der Waals surface area contributed by atoms with Gasteiger partial charge in [-0.2, -0.15) is 0 Å². The van der Waals surface area contributed by atoms with Crippen LogP contribution >= 0.6 is 0 Å². The van der Waals surface area contributed by atoms with Gasteiger partial charge < -0.3 is 0 Å². The van der Waals surface area contributed by atoms with Crippen molar-refractivity contribution in [2.75, 3.05) is 0 Å². The zero-order valence-electron chi connectivity index (χ0n) is 3.16. The summed E-state index contributed by atoms with van der Waals surface area (Å²) in [5.41, 5.74) is 0. The Morgan fingerprint density at radius 3 is 0.571 bits per heavy atom. The van der Waals surface area contributed by atoms with E-state index in [1.165, 1.54) is 0 Å². The van der Waals surface area contributed by atoms with Gasteiger partial charge in [-0.05, 0) is 0 Å². The van der Waals surface area contributed by atoms with Crippen LogP contribution in [0.4, 0.5) is 0 Å². The minimum atomic E-state index is -9.88. The monoisotopic (exact) mass is 160 g/mol. The first-order valence-electron chi connectivity index (χ1n) is 1.73. The number of hydrogen-bond donors (Lipinski definition) is 0. The van der Waals surface area contributed by atoms with E-state index >= 15 is 0 Å². The van der Waals surface area contributed by atoms with Crippen molar-refractivity contribution in [3.05, 3.63) is 0 Å². The molecule has 6 nitrogen and oxygen atoms in total. The minimum absolute atomic E-state index is 8.69. The summed E-state index contributed by atoms with van der Waals surface area (Å²) in [6, 6.07) is 0. The van der Waals surface area contributed by atoms with E-state index < -0.39 is 12.1 Å². The van der Waals surface area contributed by atoms with E-state index in [4.69, 9.17) is 21.4 Å². The van der Waals surface area contributed by atoms with E-state index in [1.54, 1.807) is 0 Å². The summed E-state index contributed by atoms with van der Waals surface area (Å²) in [4.78, 5) is 0. The molecule has 0 aliphatic rings. The molecule has 0 amide bonds. The standard InChI is InChI=1S/6O.Zn. The normalized spacial score (nSPS) is 22.3. The van der Waals surface area contributed by atoms with Crippen molar-refractivity contribution < 1.29 is 33.6 Å². The summed E-state index contributed by atoms with van der Waals surface area (Å²) < 4.78 is 52.1. The maximum absolute atomic E-state index is 9.88. The van der Waals surface area contributed by atoms with Gasteiger partial charge >= 0.3 is 33.6 Å². The van der Waals surface area contributed by atoms with Gasteiger partial charge in [0.15, 0.2) is 0 Å². The molecule has 7 heavy (non-hydrogen) atoms. The second-order valence-corrected chi connectivity index (χ2v) is 9.19. The molecular formula is O6Zn. The number of rotatable bonds is 0. The quantitative estimate of drug-likeness (QED) is 0.435. The molecule has 0 radical (unpaired) electrons. The van der Waals surface area contributed by atoms with E-state index in [1.807, 2.05) is 0 Å². The molecule has 0 aliphatic carbocycles. The van der Waals surface area contributed by atoms with Crippen LogP contribution in [0.15, 0.2) is 0 Å². The Labute approximate surface area is 34.4 Å². The molecule has 0 rings (SSSR count). The zero-order chi connectivity index (χ0) is 6.41. The summed E-state index contributed by atoms with van der Waals surface area (Å²) in [7, 11) is 0. The van der Waals surface area contributed by atoms with E-state index in [9.17, 15) is 0 Å². The molecule has 7 heteroatoms. The fraction of sp³-hybridized carbons (Fsp3) is 0. The molecule has 0 saturated carbocycles. The van der Waals surface area contributed by atoms with Gasteiger partial charge in [0.1, 0.15) is 0 Å². The molecule has 0 aromatic heterocycles. The first-order valence-corrected chi connectivity index (χ1v) is 9.00. The SMILES string of the molecule is [O]=[Zn](=[O])(=[O])(=[O])(=[O])=[O]. The van der Waals surface area contributed by atoms with Gasteiger partial charge in [0.2, 0.25) is 0 Å². The Morgan fingerprint density at radius 2 is 0.571 bits per heavy atom. The van der Waals surface area contributed by atoms with Gasteiger partial charge in [0.05, 0.1) is 0 Å². The van der Waals surface area contributed by atoms with Gasteiger partial charge in [0.25, 0.3) is 0 Å². The van der Waals surface area contributed by atoms with Crippen LogP contribution in [0, 0.1) is 0 Å². The molecule has 0 aliphatic heterocycles. The molecule has 38 valence electrons. The van der Waals surface area contributed by atoms with Crippen LogP contribution in [0.5, 0.6) is 0 Å². The third kappa shape index (κ3) is 191. The Hall–Kier alpha value is -0.577. The number of hydrogen-bond acceptors (Lipinski definition) is 6. The Morgan fingerprint density at radius 1 is 0.571 bits per heavy atom. The first-order chi connectivity index (χ1) is 2.45. The molecule has 0 heterocycles. The maximum atomic E-state index is 8.69. The molecular weight excluding hydrogens is 161 g/mol. The molecule has 0 bridgehead atoms. The van der Waals surface area contributed by atoms with E-state index in [0.717, 1.165) is 0 Å². The van der Waals surface area contributed by atoms with Gasteiger partial charge in [-0.15, -0.1) is 0 Å². The van der Waals surface area contributed by atoms with Crippen molar-refractivity contribution in [2.45, 2.75) is 0 Å². The zero-order valence-corrected chi connectivity index (χ0v) is 6.12. The molecule has 0 aromatic rings. The molecule has 0 fully saturated rings. The van der Waals surface area contributed by atoms with Crippen LogP contribution in [0.1, 0.15) is 0 Å². The van der Waals surface area contributed by atoms with Crippen LogP contribution < -0.4 is 0 Å². The fourth-order valence-electron chi connectivity index (χ4n) is 0. The van der Waals surface area contributed by atoms with Crippen molar-refractivity contribution in [3.8, 4) is 0 Å². The molecule has 0 unspecified atom stereocenters. The van der Waals surface area contributed by atoms with Gasteiger partial charge in [-0.1, -0.05) is 0 Å². The molecule has 0 saturated heterocycles. The first kappa shape index (κ1) is 6.42. The van der Waals surface area contributed by atoms with Crippen molar-refractivity contribution in [1.29, 1.82) is 0 Å². The predicted molar refractivity (Wildman–Crippen MR) is 4.12 cm³/mol. The van der Waals surface area contributed by atoms with E-state index in [2.05, 4.69) is 0 Å². The average Bonchev–Trinajstić information content (AvgIpc) is 0.592. The third-order valence-corrected chi connectivity index (χ3v) is 0. The Bertz CT molecular complexity index is 432. The summed E-state index contributed by atoms with van der Waals surface area (Å²) in [5.74, 6) is 0. The summed E-state index contributed by atoms with van der Waals surface area (Å²) in [6.45, 7) is 0. The van der Waals surface area contributed by atoms with Crippen LogP contribution in [-0.4, -0.2) is 0 Å². The van der Waals surface area contributed by atoms with Crippen LogP contribution in [-0.2, 0) is 33.6 Å². The van der Waals surface area contributed by atoms with E-state index in [0.29, 0.717) is 0 Å². The molecule has 0 atom stereocenters. The second kappa shape index (κ2) is 0.510. The van der Waals surface area contributed by atoms with Gasteiger partial charge in [-0.25, -0.2) is 0 Å². The third-order valence-electron chi connectivity index (χ3n) is 0. The van der Waals surface area contributed by atoms with Crippen molar-refractivity contribution in [3.63, 3.8) is 0 Å². The van der Waals surface area contributed by atoms with Crippen molar-refractivity contribution in [1.82, 2.24) is 0 Å². The molecule has 0 N–H and O–H groups in total. The second-order valence-electron chi connectivity index (χ2n) is 1.77. The predicted octanol–water partition coefficient (Wildman–Crippen LogP) is -0.715. The van der Waals surface area contributed by atoms with Gasteiger partial charge in [-0.3, -0.25) is 0 Å². The van der Waals surface area contributed by atoms with Crippen LogP contribution in [0.25, 0.3) is 0 Å². The van der Waals surface area contributed by atoms with Gasteiger partial charge in [0, 0.05) is 0 Å². The Balaban J connectivity index is 8.86. The average molecular weight is 161 g/mol. The van der Waals surface area contributed by atoms with E-state index in [-0.39, 0.29) is 0 Å². The Kier molecular flexibility index (Phi) is 0.468. The van der Waals surface area contributed by atoms with Crippen LogP contribution in [0.2, 0.25) is 0 Å². The molecule has 0 aromatic carbocycles. The summed E-state index contributed by atoms with van der Waals surface area (Å²) in [5, 5.41) is 0. The molecule has 0 spiro atoms. The van der Waals surface area contributed by atoms with Crippen molar-refractivity contribution in [2.24, 2.45) is 0 Å². The fourth-order valence-corrected chi connectivity index (χ4v) is 0. The van der Waals surface area contributed by atoms with Crippen LogP contribution in [0.3, 0.4) is 0 Å².